The molecule has 1 aliphatic heterocycles. The zero-order valence-corrected chi connectivity index (χ0v) is 11.8. The minimum absolute atomic E-state index is 0.0460. The molecule has 2 heterocycles. The first kappa shape index (κ1) is 13.1. The van der Waals surface area contributed by atoms with E-state index in [9.17, 15) is 0 Å². The fraction of sp³-hybridized carbons (Fsp3) is 0.714. The first-order valence-corrected chi connectivity index (χ1v) is 7.39. The third-order valence-electron chi connectivity index (χ3n) is 3.51. The van der Waals surface area contributed by atoms with Gasteiger partial charge in [0.15, 0.2) is 0 Å². The average Bonchev–Trinajstić information content (AvgIpc) is 2.90. The normalized spacial score (nSPS) is 26.6. The van der Waals surface area contributed by atoms with Crippen molar-refractivity contribution < 1.29 is 4.74 Å². The van der Waals surface area contributed by atoms with Crippen molar-refractivity contribution in [3.05, 3.63) is 22.4 Å². The predicted molar refractivity (Wildman–Crippen MR) is 73.5 cm³/mol. The molecule has 0 radical (unpaired) electrons. The molecule has 2 atom stereocenters. The van der Waals surface area contributed by atoms with E-state index in [4.69, 9.17) is 4.74 Å². The Hall–Kier alpha value is -0.380. The van der Waals surface area contributed by atoms with E-state index in [0.717, 1.165) is 13.2 Å². The molecule has 0 aliphatic carbocycles. The van der Waals surface area contributed by atoms with Gasteiger partial charge in [0.25, 0.3) is 0 Å². The highest BCUT2D eigenvalue weighted by Crippen LogP contribution is 2.29. The zero-order valence-electron chi connectivity index (χ0n) is 11.0. The highest BCUT2D eigenvalue weighted by molar-refractivity contribution is 7.10. The molecule has 2 nitrogen and oxygen atoms in total. The minimum atomic E-state index is 0.0460. The van der Waals surface area contributed by atoms with Crippen LogP contribution in [0, 0.1) is 5.92 Å². The van der Waals surface area contributed by atoms with Gasteiger partial charge in [-0.05, 0) is 37.1 Å². The van der Waals surface area contributed by atoms with Gasteiger partial charge in [-0.1, -0.05) is 19.9 Å². The van der Waals surface area contributed by atoms with Gasteiger partial charge in [-0.3, -0.25) is 0 Å². The summed E-state index contributed by atoms with van der Waals surface area (Å²) in [6.45, 7) is 8.64. The summed E-state index contributed by atoms with van der Waals surface area (Å²) >= 11 is 1.84. The lowest BCUT2D eigenvalue weighted by Crippen LogP contribution is -2.40. The third-order valence-corrected chi connectivity index (χ3v) is 4.47. The second-order valence-electron chi connectivity index (χ2n) is 5.52. The maximum Gasteiger partial charge on any atom is 0.0779 e. The van der Waals surface area contributed by atoms with Crippen LogP contribution < -0.4 is 5.32 Å². The molecule has 0 amide bonds. The Balaban J connectivity index is 1.95. The largest absolute Gasteiger partial charge is 0.374 e. The summed E-state index contributed by atoms with van der Waals surface area (Å²) in [6.07, 6.45) is 2.37. The van der Waals surface area contributed by atoms with Gasteiger partial charge >= 0.3 is 0 Å². The first-order chi connectivity index (χ1) is 8.11. The molecule has 1 saturated heterocycles. The van der Waals surface area contributed by atoms with Crippen LogP contribution in [0.4, 0.5) is 0 Å². The molecule has 3 heteroatoms. The minimum Gasteiger partial charge on any atom is -0.374 e. The summed E-state index contributed by atoms with van der Waals surface area (Å²) in [4.78, 5) is 1.43. The number of rotatable bonds is 5. The second-order valence-corrected chi connectivity index (χ2v) is 6.50. The Labute approximate surface area is 108 Å². The maximum absolute atomic E-state index is 5.83. The SMILES string of the molecule is CC(C)C(NCC1(C)CCCO1)c1cccs1. The monoisotopic (exact) mass is 253 g/mol. The van der Waals surface area contributed by atoms with Crippen LogP contribution in [0.25, 0.3) is 0 Å². The van der Waals surface area contributed by atoms with Crippen LogP contribution in [0.15, 0.2) is 17.5 Å². The van der Waals surface area contributed by atoms with Crippen molar-refractivity contribution >= 4 is 11.3 Å². The highest BCUT2D eigenvalue weighted by Gasteiger charge is 2.30. The van der Waals surface area contributed by atoms with Crippen LogP contribution in [0.1, 0.15) is 44.5 Å². The number of hydrogen-bond acceptors (Lipinski definition) is 3. The van der Waals surface area contributed by atoms with Crippen LogP contribution >= 0.6 is 11.3 Å². The van der Waals surface area contributed by atoms with E-state index in [2.05, 4.69) is 43.6 Å². The standard InChI is InChI=1S/C14H23NOS/c1-11(2)13(12-6-4-9-17-12)15-10-14(3)7-5-8-16-14/h4,6,9,11,13,15H,5,7-8,10H2,1-3H3. The summed E-state index contributed by atoms with van der Waals surface area (Å²) < 4.78 is 5.83. The number of nitrogens with one attached hydrogen (secondary N) is 1. The van der Waals surface area contributed by atoms with E-state index < -0.39 is 0 Å². The van der Waals surface area contributed by atoms with Crippen LogP contribution in [0.5, 0.6) is 0 Å². The van der Waals surface area contributed by atoms with E-state index in [1.165, 1.54) is 17.7 Å². The second kappa shape index (κ2) is 5.51. The predicted octanol–water partition coefficient (Wildman–Crippen LogP) is 3.60. The topological polar surface area (TPSA) is 21.3 Å². The molecule has 1 aromatic heterocycles. The van der Waals surface area contributed by atoms with Crippen LogP contribution in [-0.4, -0.2) is 18.8 Å². The van der Waals surface area contributed by atoms with Gasteiger partial charge < -0.3 is 10.1 Å². The highest BCUT2D eigenvalue weighted by atomic mass is 32.1. The maximum atomic E-state index is 5.83. The van der Waals surface area contributed by atoms with Crippen molar-refractivity contribution in [3.63, 3.8) is 0 Å². The lowest BCUT2D eigenvalue weighted by Gasteiger charge is -2.28. The van der Waals surface area contributed by atoms with E-state index in [1.54, 1.807) is 0 Å². The summed E-state index contributed by atoms with van der Waals surface area (Å²) in [5.74, 6) is 0.610. The Morgan fingerprint density at radius 3 is 2.88 bits per heavy atom. The zero-order chi connectivity index (χ0) is 12.3. The molecular formula is C14H23NOS. The van der Waals surface area contributed by atoms with Gasteiger partial charge in [-0.2, -0.15) is 0 Å². The molecule has 1 aromatic rings. The molecular weight excluding hydrogens is 230 g/mol. The lowest BCUT2D eigenvalue weighted by atomic mass is 9.99. The van der Waals surface area contributed by atoms with E-state index in [1.807, 2.05) is 11.3 Å². The molecule has 0 spiro atoms. The van der Waals surface area contributed by atoms with Crippen molar-refractivity contribution in [1.29, 1.82) is 0 Å². The molecule has 1 N–H and O–H groups in total. The average molecular weight is 253 g/mol. The number of hydrogen-bond donors (Lipinski definition) is 1. The van der Waals surface area contributed by atoms with Crippen molar-refractivity contribution in [3.8, 4) is 0 Å². The van der Waals surface area contributed by atoms with Crippen molar-refractivity contribution in [2.75, 3.05) is 13.2 Å². The van der Waals surface area contributed by atoms with Crippen molar-refractivity contribution in [2.45, 2.75) is 45.3 Å². The van der Waals surface area contributed by atoms with Gasteiger partial charge in [0.1, 0.15) is 0 Å². The Morgan fingerprint density at radius 1 is 1.53 bits per heavy atom. The van der Waals surface area contributed by atoms with Crippen LogP contribution in [-0.2, 0) is 4.74 Å². The fourth-order valence-electron chi connectivity index (χ4n) is 2.44. The van der Waals surface area contributed by atoms with Crippen LogP contribution in [0.3, 0.4) is 0 Å². The van der Waals surface area contributed by atoms with E-state index in [-0.39, 0.29) is 5.60 Å². The summed E-state index contributed by atoms with van der Waals surface area (Å²) in [5, 5.41) is 5.84. The Kier molecular flexibility index (Phi) is 4.23. The summed E-state index contributed by atoms with van der Waals surface area (Å²) in [5.41, 5.74) is 0.0460. The number of ether oxygens (including phenoxy) is 1. The van der Waals surface area contributed by atoms with Crippen molar-refractivity contribution in [1.82, 2.24) is 5.32 Å². The van der Waals surface area contributed by atoms with Gasteiger partial charge in [0.05, 0.1) is 5.60 Å². The van der Waals surface area contributed by atoms with E-state index >= 15 is 0 Å². The van der Waals surface area contributed by atoms with E-state index in [0.29, 0.717) is 12.0 Å². The quantitative estimate of drug-likeness (QED) is 0.865. The molecule has 1 aliphatic rings. The molecule has 17 heavy (non-hydrogen) atoms. The lowest BCUT2D eigenvalue weighted by molar-refractivity contribution is 0.0176. The smallest absolute Gasteiger partial charge is 0.0779 e. The molecule has 1 fully saturated rings. The molecule has 0 aromatic carbocycles. The van der Waals surface area contributed by atoms with Gasteiger partial charge in [0.2, 0.25) is 0 Å². The molecule has 2 unspecified atom stereocenters. The summed E-state index contributed by atoms with van der Waals surface area (Å²) in [6, 6.07) is 4.81. The van der Waals surface area contributed by atoms with Crippen LogP contribution in [0.2, 0.25) is 0 Å². The third kappa shape index (κ3) is 3.30. The molecule has 0 bridgehead atoms. The molecule has 2 rings (SSSR count). The fourth-order valence-corrected chi connectivity index (χ4v) is 3.41. The Morgan fingerprint density at radius 2 is 2.35 bits per heavy atom. The van der Waals surface area contributed by atoms with Crippen molar-refractivity contribution in [2.24, 2.45) is 5.92 Å². The molecule has 0 saturated carbocycles. The number of thiophene rings is 1. The molecule has 96 valence electrons. The Bertz CT molecular complexity index is 328. The van der Waals surface area contributed by atoms with Gasteiger partial charge in [0, 0.05) is 24.1 Å². The van der Waals surface area contributed by atoms with Gasteiger partial charge in [-0.25, -0.2) is 0 Å². The van der Waals surface area contributed by atoms with Gasteiger partial charge in [-0.15, -0.1) is 11.3 Å². The first-order valence-electron chi connectivity index (χ1n) is 6.51. The summed E-state index contributed by atoms with van der Waals surface area (Å²) in [7, 11) is 0.